The van der Waals surface area contributed by atoms with Crippen LogP contribution in [-0.4, -0.2) is 58.7 Å². The molecule has 0 N–H and O–H groups in total. The standard InChI is InChI=1S/C7H18N2O2S/c1-8(2)7-9(3)5-4-6-12(10)11/h4-7H2,1-3H3,(H,10,11)/p-1. The van der Waals surface area contributed by atoms with Crippen LogP contribution in [0.3, 0.4) is 0 Å². The van der Waals surface area contributed by atoms with E-state index in [0.29, 0.717) is 6.42 Å². The second kappa shape index (κ2) is 6.54. The van der Waals surface area contributed by atoms with Crippen molar-refractivity contribution in [3.05, 3.63) is 0 Å². The van der Waals surface area contributed by atoms with E-state index in [1.54, 1.807) is 0 Å². The van der Waals surface area contributed by atoms with Gasteiger partial charge in [-0.05, 0) is 34.1 Å². The van der Waals surface area contributed by atoms with Gasteiger partial charge in [0, 0.05) is 12.4 Å². The summed E-state index contributed by atoms with van der Waals surface area (Å²) in [5.74, 6) is 0.262. The van der Waals surface area contributed by atoms with Gasteiger partial charge in [-0.15, -0.1) is 0 Å². The molecule has 0 aliphatic rings. The van der Waals surface area contributed by atoms with Crippen molar-refractivity contribution in [2.24, 2.45) is 0 Å². The van der Waals surface area contributed by atoms with E-state index < -0.39 is 11.1 Å². The molecule has 0 saturated heterocycles. The highest BCUT2D eigenvalue weighted by molar-refractivity contribution is 7.79. The molecule has 0 aromatic carbocycles. The molecule has 0 spiro atoms. The number of hydrogen-bond donors (Lipinski definition) is 0. The topological polar surface area (TPSA) is 46.6 Å². The monoisotopic (exact) mass is 193 g/mol. The number of rotatable bonds is 6. The van der Waals surface area contributed by atoms with Gasteiger partial charge in [0.1, 0.15) is 0 Å². The summed E-state index contributed by atoms with van der Waals surface area (Å²) in [7, 11) is 5.96. The SMILES string of the molecule is CN(C)CN(C)CCCS(=O)[O-]. The summed E-state index contributed by atoms with van der Waals surface area (Å²) < 4.78 is 20.3. The van der Waals surface area contributed by atoms with Crippen LogP contribution in [0.15, 0.2) is 0 Å². The summed E-state index contributed by atoms with van der Waals surface area (Å²) in [4.78, 5) is 4.14. The van der Waals surface area contributed by atoms with E-state index in [-0.39, 0.29) is 5.75 Å². The maximum absolute atomic E-state index is 10.2. The largest absolute Gasteiger partial charge is 0.772 e. The minimum Gasteiger partial charge on any atom is -0.772 e. The quantitative estimate of drug-likeness (QED) is 0.429. The third-order valence-electron chi connectivity index (χ3n) is 1.38. The number of nitrogens with zero attached hydrogens (tertiary/aromatic N) is 2. The molecule has 0 aromatic heterocycles. The van der Waals surface area contributed by atoms with Crippen molar-refractivity contribution in [3.63, 3.8) is 0 Å². The lowest BCUT2D eigenvalue weighted by Crippen LogP contribution is -2.31. The Labute approximate surface area is 76.8 Å². The van der Waals surface area contributed by atoms with Crippen molar-refractivity contribution >= 4 is 11.1 Å². The zero-order valence-corrected chi connectivity index (χ0v) is 8.76. The zero-order chi connectivity index (χ0) is 9.56. The van der Waals surface area contributed by atoms with Gasteiger partial charge in [0.15, 0.2) is 0 Å². The fourth-order valence-corrected chi connectivity index (χ4v) is 1.37. The van der Waals surface area contributed by atoms with Gasteiger partial charge in [-0.1, -0.05) is 11.1 Å². The first-order valence-electron chi connectivity index (χ1n) is 3.91. The highest BCUT2D eigenvalue weighted by Crippen LogP contribution is 1.90. The molecule has 12 heavy (non-hydrogen) atoms. The Hall–Kier alpha value is 0.0300. The highest BCUT2D eigenvalue weighted by Gasteiger charge is 1.98. The smallest absolute Gasteiger partial charge is 0.0497 e. The van der Waals surface area contributed by atoms with E-state index in [0.717, 1.165) is 13.2 Å². The average Bonchev–Trinajstić information content (AvgIpc) is 1.84. The Bertz CT molecular complexity index is 141. The fraction of sp³-hybridized carbons (Fsp3) is 1.00. The molecule has 0 radical (unpaired) electrons. The van der Waals surface area contributed by atoms with Gasteiger partial charge in [0.25, 0.3) is 0 Å². The van der Waals surface area contributed by atoms with Gasteiger partial charge in [0.2, 0.25) is 0 Å². The summed E-state index contributed by atoms with van der Waals surface area (Å²) in [5.41, 5.74) is 0. The summed E-state index contributed by atoms with van der Waals surface area (Å²) >= 11 is -1.88. The average molecular weight is 193 g/mol. The normalized spacial score (nSPS) is 14.2. The van der Waals surface area contributed by atoms with Crippen molar-refractivity contribution < 1.29 is 8.76 Å². The molecule has 0 heterocycles. The second-order valence-electron chi connectivity index (χ2n) is 3.16. The lowest BCUT2D eigenvalue weighted by molar-refractivity contribution is 0.211. The maximum atomic E-state index is 10.2. The summed E-state index contributed by atoms with van der Waals surface area (Å²) in [6, 6.07) is 0. The minimum absolute atomic E-state index is 0.262. The lowest BCUT2D eigenvalue weighted by atomic mass is 10.4. The van der Waals surface area contributed by atoms with Crippen LogP contribution < -0.4 is 0 Å². The Kier molecular flexibility index (Phi) is 6.55. The van der Waals surface area contributed by atoms with E-state index in [9.17, 15) is 8.76 Å². The predicted molar refractivity (Wildman–Crippen MR) is 49.6 cm³/mol. The van der Waals surface area contributed by atoms with Crippen LogP contribution in [0.2, 0.25) is 0 Å². The Morgan fingerprint density at radius 1 is 1.33 bits per heavy atom. The second-order valence-corrected chi connectivity index (χ2v) is 4.18. The van der Waals surface area contributed by atoms with Crippen molar-refractivity contribution in [2.75, 3.05) is 40.1 Å². The van der Waals surface area contributed by atoms with E-state index in [4.69, 9.17) is 0 Å². The Morgan fingerprint density at radius 2 is 1.92 bits per heavy atom. The Balaban J connectivity index is 3.31. The van der Waals surface area contributed by atoms with Crippen molar-refractivity contribution in [1.29, 1.82) is 0 Å². The highest BCUT2D eigenvalue weighted by atomic mass is 32.2. The first kappa shape index (κ1) is 12.0. The first-order chi connectivity index (χ1) is 5.52. The molecule has 1 atom stereocenters. The molecule has 0 rings (SSSR count). The maximum Gasteiger partial charge on any atom is 0.0497 e. The summed E-state index contributed by atoms with van der Waals surface area (Å²) in [6.45, 7) is 1.69. The lowest BCUT2D eigenvalue weighted by Gasteiger charge is -2.20. The van der Waals surface area contributed by atoms with E-state index >= 15 is 0 Å². The fourth-order valence-electron chi connectivity index (χ4n) is 1.01. The molecule has 0 saturated carbocycles. The van der Waals surface area contributed by atoms with Crippen molar-refractivity contribution in [2.45, 2.75) is 6.42 Å². The third-order valence-corrected chi connectivity index (χ3v) is 2.00. The van der Waals surface area contributed by atoms with Gasteiger partial charge in [0.05, 0.1) is 0 Å². The summed E-state index contributed by atoms with van der Waals surface area (Å²) in [6.07, 6.45) is 0.709. The third kappa shape index (κ3) is 8.13. The van der Waals surface area contributed by atoms with Crippen LogP contribution in [0.25, 0.3) is 0 Å². The molecule has 0 amide bonds. The predicted octanol–water partition coefficient (Wildman–Crippen LogP) is -0.293. The number of hydrogen-bond acceptors (Lipinski definition) is 4. The van der Waals surface area contributed by atoms with Crippen LogP contribution >= 0.6 is 0 Å². The molecule has 1 unspecified atom stereocenters. The van der Waals surface area contributed by atoms with Crippen LogP contribution in [0.5, 0.6) is 0 Å². The van der Waals surface area contributed by atoms with Crippen LogP contribution in [0.4, 0.5) is 0 Å². The van der Waals surface area contributed by atoms with Crippen molar-refractivity contribution in [3.8, 4) is 0 Å². The summed E-state index contributed by atoms with van der Waals surface area (Å²) in [5, 5.41) is 0. The van der Waals surface area contributed by atoms with E-state index in [2.05, 4.69) is 4.90 Å². The minimum atomic E-state index is -1.88. The van der Waals surface area contributed by atoms with Crippen LogP contribution in [-0.2, 0) is 11.1 Å². The van der Waals surface area contributed by atoms with Gasteiger partial charge in [-0.3, -0.25) is 14.0 Å². The van der Waals surface area contributed by atoms with E-state index in [1.807, 2.05) is 26.0 Å². The zero-order valence-electron chi connectivity index (χ0n) is 7.95. The molecule has 0 aliphatic carbocycles. The molecule has 0 bridgehead atoms. The van der Waals surface area contributed by atoms with Crippen LogP contribution in [0.1, 0.15) is 6.42 Å². The molecule has 74 valence electrons. The van der Waals surface area contributed by atoms with E-state index in [1.165, 1.54) is 0 Å². The van der Waals surface area contributed by atoms with Gasteiger partial charge >= 0.3 is 0 Å². The molecule has 5 heteroatoms. The van der Waals surface area contributed by atoms with Crippen molar-refractivity contribution in [1.82, 2.24) is 9.80 Å². The van der Waals surface area contributed by atoms with Gasteiger partial charge in [-0.25, -0.2) is 0 Å². The van der Waals surface area contributed by atoms with Gasteiger partial charge < -0.3 is 4.55 Å². The molecular formula is C7H17N2O2S-. The Morgan fingerprint density at radius 3 is 2.33 bits per heavy atom. The van der Waals surface area contributed by atoms with Gasteiger partial charge in [-0.2, -0.15) is 0 Å². The first-order valence-corrected chi connectivity index (χ1v) is 5.16. The molecule has 4 nitrogen and oxygen atoms in total. The van der Waals surface area contributed by atoms with Crippen LogP contribution in [0, 0.1) is 0 Å². The molecule has 0 aliphatic heterocycles. The molecule has 0 aromatic rings. The molecular weight excluding hydrogens is 176 g/mol. The molecule has 0 fully saturated rings.